The second-order valence-electron chi connectivity index (χ2n) is 7.35. The van der Waals surface area contributed by atoms with E-state index in [4.69, 9.17) is 17.3 Å². The highest BCUT2D eigenvalue weighted by Crippen LogP contribution is 2.19. The highest BCUT2D eigenvalue weighted by Gasteiger charge is 2.16. The van der Waals surface area contributed by atoms with Gasteiger partial charge < -0.3 is 20.4 Å². The molecule has 1 aromatic carbocycles. The highest BCUT2D eigenvalue weighted by molar-refractivity contribution is 6.33. The molecule has 4 rings (SSSR count). The lowest BCUT2D eigenvalue weighted by Gasteiger charge is -2.20. The van der Waals surface area contributed by atoms with Gasteiger partial charge in [0.2, 0.25) is 0 Å². The van der Waals surface area contributed by atoms with E-state index in [9.17, 15) is 9.59 Å². The Balaban J connectivity index is 1.44. The van der Waals surface area contributed by atoms with Crippen molar-refractivity contribution < 1.29 is 9.59 Å². The van der Waals surface area contributed by atoms with E-state index in [2.05, 4.69) is 15.3 Å². The highest BCUT2D eigenvalue weighted by atomic mass is 35.5. The molecule has 0 bridgehead atoms. The smallest absolute Gasteiger partial charge is 0.255 e. The van der Waals surface area contributed by atoms with Gasteiger partial charge in [-0.1, -0.05) is 35.9 Å². The Hall–Kier alpha value is -3.91. The Kier molecular flexibility index (Phi) is 6.04. The summed E-state index contributed by atoms with van der Waals surface area (Å²) in [6.07, 6.45) is 6.52. The molecule has 0 fully saturated rings. The number of aromatic nitrogens is 3. The maximum Gasteiger partial charge on any atom is 0.255 e. The van der Waals surface area contributed by atoms with Crippen LogP contribution in [0.2, 0.25) is 5.02 Å². The zero-order valence-corrected chi connectivity index (χ0v) is 18.1. The summed E-state index contributed by atoms with van der Waals surface area (Å²) < 4.78 is 1.79. The SMILES string of the molecule is CN(Cc1ccccc1CNC(=O)c1ccc2cncn2c1)C(=O)c1cnc(N)c(Cl)c1. The van der Waals surface area contributed by atoms with Crippen molar-refractivity contribution in [3.05, 3.63) is 94.7 Å². The van der Waals surface area contributed by atoms with E-state index in [0.717, 1.165) is 16.6 Å². The van der Waals surface area contributed by atoms with Crippen molar-refractivity contribution in [1.29, 1.82) is 0 Å². The van der Waals surface area contributed by atoms with E-state index in [1.54, 1.807) is 41.1 Å². The zero-order valence-electron chi connectivity index (χ0n) is 17.3. The number of halogens is 1. The molecular weight excluding hydrogens is 428 g/mol. The van der Waals surface area contributed by atoms with Gasteiger partial charge in [0.25, 0.3) is 11.8 Å². The van der Waals surface area contributed by atoms with Crippen molar-refractivity contribution >= 4 is 34.7 Å². The van der Waals surface area contributed by atoms with E-state index in [1.165, 1.54) is 12.3 Å². The Morgan fingerprint density at radius 3 is 2.69 bits per heavy atom. The third-order valence-electron chi connectivity index (χ3n) is 5.10. The monoisotopic (exact) mass is 448 g/mol. The number of benzene rings is 1. The average molecular weight is 449 g/mol. The number of carbonyl (C=O) groups is 2. The summed E-state index contributed by atoms with van der Waals surface area (Å²) in [4.78, 5) is 35.0. The van der Waals surface area contributed by atoms with Crippen molar-refractivity contribution in [3.8, 4) is 0 Å². The van der Waals surface area contributed by atoms with E-state index in [-0.39, 0.29) is 22.7 Å². The summed E-state index contributed by atoms with van der Waals surface area (Å²) in [5, 5.41) is 3.18. The molecule has 0 unspecified atom stereocenters. The molecule has 3 aromatic heterocycles. The second-order valence-corrected chi connectivity index (χ2v) is 7.75. The van der Waals surface area contributed by atoms with E-state index >= 15 is 0 Å². The lowest BCUT2D eigenvalue weighted by molar-refractivity contribution is 0.0783. The molecule has 9 heteroatoms. The molecule has 32 heavy (non-hydrogen) atoms. The first-order valence-corrected chi connectivity index (χ1v) is 10.2. The quantitative estimate of drug-likeness (QED) is 0.471. The molecule has 0 radical (unpaired) electrons. The number of hydrogen-bond donors (Lipinski definition) is 2. The number of carbonyl (C=O) groups excluding carboxylic acids is 2. The van der Waals surface area contributed by atoms with Gasteiger partial charge in [-0.05, 0) is 29.3 Å². The summed E-state index contributed by atoms with van der Waals surface area (Å²) in [6, 6.07) is 12.8. The number of anilines is 1. The van der Waals surface area contributed by atoms with Crippen LogP contribution in [0.25, 0.3) is 5.52 Å². The summed E-state index contributed by atoms with van der Waals surface area (Å²) in [5.74, 6) is -0.242. The van der Waals surface area contributed by atoms with Crippen LogP contribution in [0.15, 0.2) is 67.4 Å². The number of rotatable bonds is 6. The zero-order chi connectivity index (χ0) is 22.7. The molecule has 0 aliphatic heterocycles. The minimum Gasteiger partial charge on any atom is -0.382 e. The minimum absolute atomic E-state index is 0.180. The normalized spacial score (nSPS) is 10.8. The largest absolute Gasteiger partial charge is 0.382 e. The van der Waals surface area contributed by atoms with Gasteiger partial charge in [-0.15, -0.1) is 0 Å². The summed E-state index contributed by atoms with van der Waals surface area (Å²) in [6.45, 7) is 0.683. The summed E-state index contributed by atoms with van der Waals surface area (Å²) in [7, 11) is 1.70. The predicted octanol–water partition coefficient (Wildman–Crippen LogP) is 3.17. The minimum atomic E-state index is -0.230. The van der Waals surface area contributed by atoms with Gasteiger partial charge in [-0.2, -0.15) is 0 Å². The van der Waals surface area contributed by atoms with Gasteiger partial charge in [0, 0.05) is 32.5 Å². The molecule has 4 aromatic rings. The number of nitrogens with one attached hydrogen (secondary N) is 1. The average Bonchev–Trinajstić information content (AvgIpc) is 3.27. The lowest BCUT2D eigenvalue weighted by Crippen LogP contribution is -2.28. The Morgan fingerprint density at radius 1 is 1.12 bits per heavy atom. The molecule has 0 spiro atoms. The topological polar surface area (TPSA) is 106 Å². The number of hydrogen-bond acceptors (Lipinski definition) is 5. The summed E-state index contributed by atoms with van der Waals surface area (Å²) >= 11 is 5.99. The van der Waals surface area contributed by atoms with Gasteiger partial charge in [0.05, 0.1) is 34.2 Å². The van der Waals surface area contributed by atoms with E-state index < -0.39 is 0 Å². The fourth-order valence-electron chi connectivity index (χ4n) is 3.33. The van der Waals surface area contributed by atoms with Crippen molar-refractivity contribution in [2.45, 2.75) is 13.1 Å². The second kappa shape index (κ2) is 9.07. The van der Waals surface area contributed by atoms with Crippen LogP contribution < -0.4 is 11.1 Å². The van der Waals surface area contributed by atoms with Crippen LogP contribution in [0, 0.1) is 0 Å². The van der Waals surface area contributed by atoms with Crippen molar-refractivity contribution in [2.75, 3.05) is 12.8 Å². The van der Waals surface area contributed by atoms with Gasteiger partial charge >= 0.3 is 0 Å². The van der Waals surface area contributed by atoms with Crippen LogP contribution in [0.3, 0.4) is 0 Å². The molecule has 3 N–H and O–H groups in total. The number of fused-ring (bicyclic) bond motifs is 1. The number of nitrogens with zero attached hydrogens (tertiary/aromatic N) is 4. The van der Waals surface area contributed by atoms with Gasteiger partial charge in [-0.25, -0.2) is 9.97 Å². The first-order valence-electron chi connectivity index (χ1n) is 9.85. The standard InChI is InChI=1S/C23H21ClN6O2/c1-29(23(32)18-8-20(24)21(25)27-10-18)12-16-5-3-2-4-15(16)9-28-22(31)17-6-7-19-11-26-14-30(19)13-17/h2-8,10-11,13-14H,9,12H2,1H3,(H2,25,27)(H,28,31). The van der Waals surface area contributed by atoms with E-state index in [1.807, 2.05) is 30.3 Å². The molecule has 0 aliphatic rings. The Bertz CT molecular complexity index is 1300. The van der Waals surface area contributed by atoms with Crippen LogP contribution in [0.5, 0.6) is 0 Å². The molecule has 0 aliphatic carbocycles. The number of nitrogen functional groups attached to an aromatic ring is 1. The third kappa shape index (κ3) is 4.55. The fourth-order valence-corrected chi connectivity index (χ4v) is 3.50. The van der Waals surface area contributed by atoms with Gasteiger partial charge in [0.1, 0.15) is 5.82 Å². The lowest BCUT2D eigenvalue weighted by atomic mass is 10.1. The number of imidazole rings is 1. The molecular formula is C23H21ClN6O2. The molecule has 3 heterocycles. The maximum absolute atomic E-state index is 12.8. The summed E-state index contributed by atoms with van der Waals surface area (Å²) in [5.41, 5.74) is 9.26. The number of amides is 2. The molecule has 0 saturated heterocycles. The molecule has 0 atom stereocenters. The Morgan fingerprint density at radius 2 is 1.91 bits per heavy atom. The predicted molar refractivity (Wildman–Crippen MR) is 122 cm³/mol. The molecule has 8 nitrogen and oxygen atoms in total. The fraction of sp³-hybridized carbons (Fsp3) is 0.130. The van der Waals surface area contributed by atoms with Crippen molar-refractivity contribution in [3.63, 3.8) is 0 Å². The first kappa shape index (κ1) is 21.3. The van der Waals surface area contributed by atoms with Crippen LogP contribution >= 0.6 is 11.6 Å². The Labute approximate surface area is 189 Å². The van der Waals surface area contributed by atoms with Gasteiger partial charge in [0.15, 0.2) is 0 Å². The molecule has 2 amide bonds. The first-order chi connectivity index (χ1) is 15.4. The maximum atomic E-state index is 12.8. The van der Waals surface area contributed by atoms with E-state index in [0.29, 0.717) is 24.2 Å². The third-order valence-corrected chi connectivity index (χ3v) is 5.40. The van der Waals surface area contributed by atoms with Crippen molar-refractivity contribution in [2.24, 2.45) is 0 Å². The van der Waals surface area contributed by atoms with Crippen molar-refractivity contribution in [1.82, 2.24) is 24.6 Å². The van der Waals surface area contributed by atoms with Crippen LogP contribution in [-0.2, 0) is 13.1 Å². The van der Waals surface area contributed by atoms with Crippen LogP contribution in [0.1, 0.15) is 31.8 Å². The molecule has 0 saturated carbocycles. The van der Waals surface area contributed by atoms with Crippen LogP contribution in [0.4, 0.5) is 5.82 Å². The number of pyridine rings is 2. The molecule has 162 valence electrons. The van der Waals surface area contributed by atoms with Gasteiger partial charge in [-0.3, -0.25) is 9.59 Å². The number of nitrogens with two attached hydrogens (primary N) is 1. The van der Waals surface area contributed by atoms with Crippen LogP contribution in [-0.4, -0.2) is 38.1 Å².